The number of nitrogens with zero attached hydrogens (tertiary/aromatic N) is 2. The van der Waals surface area contributed by atoms with E-state index in [-0.39, 0.29) is 18.7 Å². The molecule has 1 N–H and O–H groups in total. The minimum Gasteiger partial charge on any atom is -0.326 e. The van der Waals surface area contributed by atoms with Crippen molar-refractivity contribution in [3.05, 3.63) is 94.8 Å². The van der Waals surface area contributed by atoms with Crippen molar-refractivity contribution in [3.63, 3.8) is 0 Å². The Hall–Kier alpha value is -3.71. The van der Waals surface area contributed by atoms with E-state index in [0.29, 0.717) is 10.7 Å². The highest BCUT2D eigenvalue weighted by atomic mass is 35.5. The Morgan fingerprint density at radius 2 is 1.61 bits per heavy atom. The summed E-state index contributed by atoms with van der Waals surface area (Å²) in [5, 5.41) is 3.26. The van der Waals surface area contributed by atoms with Crippen LogP contribution >= 0.6 is 11.6 Å². The molecule has 33 heavy (non-hydrogen) atoms. The molecule has 6 nitrogen and oxygen atoms in total. The number of rotatable bonds is 6. The summed E-state index contributed by atoms with van der Waals surface area (Å²) in [7, 11) is 0. The van der Waals surface area contributed by atoms with Gasteiger partial charge in [-0.25, -0.2) is 14.1 Å². The van der Waals surface area contributed by atoms with Crippen LogP contribution in [0.3, 0.4) is 0 Å². The number of halogens is 2. The standard InChI is InChI=1S/C25H21ClFN3O3/c1-16-2-4-17(5-3-16)15-29-22(14-23(31)28-20-10-6-18(26)7-11-20)24(32)30(25(29)33)21-12-8-19(27)9-13-21/h2-13,22H,14-15H2,1H3,(H,28,31)/t22-/m0/s1. The monoisotopic (exact) mass is 465 g/mol. The number of nitrogens with one attached hydrogen (secondary N) is 1. The Labute approximate surface area is 195 Å². The van der Waals surface area contributed by atoms with E-state index in [4.69, 9.17) is 11.6 Å². The van der Waals surface area contributed by atoms with Gasteiger partial charge < -0.3 is 10.2 Å². The topological polar surface area (TPSA) is 69.7 Å². The van der Waals surface area contributed by atoms with Gasteiger partial charge in [0.25, 0.3) is 5.91 Å². The van der Waals surface area contributed by atoms with Gasteiger partial charge in [0.15, 0.2) is 0 Å². The van der Waals surface area contributed by atoms with E-state index in [1.54, 1.807) is 24.3 Å². The maximum absolute atomic E-state index is 13.4. The van der Waals surface area contributed by atoms with Gasteiger partial charge in [-0.1, -0.05) is 41.4 Å². The maximum atomic E-state index is 13.4. The molecule has 0 unspecified atom stereocenters. The average Bonchev–Trinajstić information content (AvgIpc) is 3.01. The smallest absolute Gasteiger partial charge is 0.326 e. The van der Waals surface area contributed by atoms with Gasteiger partial charge >= 0.3 is 6.03 Å². The van der Waals surface area contributed by atoms with Gasteiger partial charge in [-0.05, 0) is 61.0 Å². The summed E-state index contributed by atoms with van der Waals surface area (Å²) in [6.45, 7) is 2.11. The number of imide groups is 1. The molecule has 1 fully saturated rings. The second kappa shape index (κ2) is 9.42. The van der Waals surface area contributed by atoms with E-state index >= 15 is 0 Å². The highest BCUT2D eigenvalue weighted by molar-refractivity contribution is 6.30. The number of aryl methyl sites for hydroxylation is 1. The molecule has 4 rings (SSSR count). The molecule has 1 aliphatic rings. The lowest BCUT2D eigenvalue weighted by Gasteiger charge is -2.22. The first-order valence-electron chi connectivity index (χ1n) is 10.3. The van der Waals surface area contributed by atoms with Gasteiger partial charge in [-0.2, -0.15) is 0 Å². The zero-order valence-corrected chi connectivity index (χ0v) is 18.6. The lowest BCUT2D eigenvalue weighted by atomic mass is 10.1. The van der Waals surface area contributed by atoms with Crippen molar-refractivity contribution < 1.29 is 18.8 Å². The summed E-state index contributed by atoms with van der Waals surface area (Å²) in [4.78, 5) is 41.6. The largest absolute Gasteiger partial charge is 0.332 e. The third-order valence-corrected chi connectivity index (χ3v) is 5.64. The second-order valence-electron chi connectivity index (χ2n) is 7.82. The van der Waals surface area contributed by atoms with E-state index in [9.17, 15) is 18.8 Å². The molecule has 3 aromatic carbocycles. The van der Waals surface area contributed by atoms with Crippen LogP contribution in [-0.4, -0.2) is 28.8 Å². The van der Waals surface area contributed by atoms with Crippen LogP contribution in [0.2, 0.25) is 5.02 Å². The molecule has 1 heterocycles. The number of anilines is 2. The summed E-state index contributed by atoms with van der Waals surface area (Å²) < 4.78 is 13.4. The van der Waals surface area contributed by atoms with Crippen molar-refractivity contribution in [1.82, 2.24) is 4.90 Å². The van der Waals surface area contributed by atoms with Crippen LogP contribution in [0.5, 0.6) is 0 Å². The van der Waals surface area contributed by atoms with Crippen LogP contribution in [0, 0.1) is 12.7 Å². The molecule has 1 atom stereocenters. The highest BCUT2D eigenvalue weighted by Gasteiger charge is 2.46. The number of hydrogen-bond acceptors (Lipinski definition) is 3. The Kier molecular flexibility index (Phi) is 6.42. The van der Waals surface area contributed by atoms with Crippen molar-refractivity contribution in [3.8, 4) is 0 Å². The molecule has 4 amide bonds. The number of amides is 4. The third-order valence-electron chi connectivity index (χ3n) is 5.38. The molecule has 1 saturated heterocycles. The SMILES string of the molecule is Cc1ccc(CN2C(=O)N(c3ccc(F)cc3)C(=O)[C@@H]2CC(=O)Nc2ccc(Cl)cc2)cc1. The van der Waals surface area contributed by atoms with Crippen molar-refractivity contribution in [2.24, 2.45) is 0 Å². The molecular formula is C25H21ClFN3O3. The minimum absolute atomic E-state index is 0.154. The van der Waals surface area contributed by atoms with E-state index in [1.807, 2.05) is 31.2 Å². The zero-order chi connectivity index (χ0) is 23.5. The normalized spacial score (nSPS) is 15.8. The van der Waals surface area contributed by atoms with Crippen LogP contribution in [-0.2, 0) is 16.1 Å². The van der Waals surface area contributed by atoms with Gasteiger partial charge in [0.1, 0.15) is 11.9 Å². The summed E-state index contributed by atoms with van der Waals surface area (Å²) in [6.07, 6.45) is -0.225. The lowest BCUT2D eigenvalue weighted by molar-refractivity contribution is -0.124. The van der Waals surface area contributed by atoms with Gasteiger partial charge in [0.05, 0.1) is 12.1 Å². The van der Waals surface area contributed by atoms with Gasteiger partial charge in [0, 0.05) is 17.3 Å². The molecule has 0 radical (unpaired) electrons. The molecule has 0 aliphatic carbocycles. The van der Waals surface area contributed by atoms with Crippen molar-refractivity contribution in [2.45, 2.75) is 25.9 Å². The molecule has 168 valence electrons. The average molecular weight is 466 g/mol. The van der Waals surface area contributed by atoms with Crippen LogP contribution in [0.15, 0.2) is 72.8 Å². The fourth-order valence-corrected chi connectivity index (χ4v) is 3.78. The first-order valence-corrected chi connectivity index (χ1v) is 10.7. The molecule has 1 aliphatic heterocycles. The number of benzene rings is 3. The lowest BCUT2D eigenvalue weighted by Crippen LogP contribution is -2.37. The number of urea groups is 1. The second-order valence-corrected chi connectivity index (χ2v) is 8.26. The van der Waals surface area contributed by atoms with Gasteiger partial charge in [-0.3, -0.25) is 9.59 Å². The predicted molar refractivity (Wildman–Crippen MR) is 124 cm³/mol. The van der Waals surface area contributed by atoms with E-state index in [2.05, 4.69) is 5.32 Å². The number of carbonyl (C=O) groups is 3. The first kappa shape index (κ1) is 22.5. The van der Waals surface area contributed by atoms with Crippen molar-refractivity contribution >= 4 is 40.8 Å². The summed E-state index contributed by atoms with van der Waals surface area (Å²) in [5.41, 5.74) is 2.67. The van der Waals surface area contributed by atoms with Crippen molar-refractivity contribution in [2.75, 3.05) is 10.2 Å². The Bertz CT molecular complexity index is 1180. The van der Waals surface area contributed by atoms with Crippen LogP contribution in [0.4, 0.5) is 20.6 Å². The minimum atomic E-state index is -1.00. The van der Waals surface area contributed by atoms with E-state index in [0.717, 1.165) is 16.0 Å². The first-order chi connectivity index (χ1) is 15.8. The molecule has 0 saturated carbocycles. The van der Waals surface area contributed by atoms with Crippen LogP contribution in [0.25, 0.3) is 0 Å². The predicted octanol–water partition coefficient (Wildman–Crippen LogP) is 5.15. The molecular weight excluding hydrogens is 445 g/mol. The zero-order valence-electron chi connectivity index (χ0n) is 17.8. The molecule has 3 aromatic rings. The van der Waals surface area contributed by atoms with Gasteiger partial charge in [-0.15, -0.1) is 0 Å². The summed E-state index contributed by atoms with van der Waals surface area (Å²) in [6, 6.07) is 17.7. The van der Waals surface area contributed by atoms with Gasteiger partial charge in [0.2, 0.25) is 5.91 Å². The molecule has 0 bridgehead atoms. The summed E-state index contributed by atoms with van der Waals surface area (Å²) in [5.74, 6) is -1.43. The van der Waals surface area contributed by atoms with Crippen LogP contribution in [0.1, 0.15) is 17.5 Å². The fourth-order valence-electron chi connectivity index (χ4n) is 3.65. The van der Waals surface area contributed by atoms with Crippen LogP contribution < -0.4 is 10.2 Å². The molecule has 0 aromatic heterocycles. The molecule has 0 spiro atoms. The van der Waals surface area contributed by atoms with E-state index in [1.165, 1.54) is 29.2 Å². The Morgan fingerprint density at radius 1 is 0.970 bits per heavy atom. The van der Waals surface area contributed by atoms with E-state index < -0.39 is 29.7 Å². The number of carbonyl (C=O) groups excluding carboxylic acids is 3. The van der Waals surface area contributed by atoms with Crippen molar-refractivity contribution in [1.29, 1.82) is 0 Å². The fraction of sp³-hybridized carbons (Fsp3) is 0.160. The molecule has 8 heteroatoms. The quantitative estimate of drug-likeness (QED) is 0.511. The summed E-state index contributed by atoms with van der Waals surface area (Å²) >= 11 is 5.88. The maximum Gasteiger partial charge on any atom is 0.332 e. The Balaban J connectivity index is 1.59. The Morgan fingerprint density at radius 3 is 2.24 bits per heavy atom. The highest BCUT2D eigenvalue weighted by Crippen LogP contribution is 2.29. The third kappa shape index (κ3) is 5.04. The number of hydrogen-bond donors (Lipinski definition) is 1.